The molecule has 164 valence electrons. The van der Waals surface area contributed by atoms with Crippen molar-refractivity contribution in [2.24, 2.45) is 17.3 Å². The Kier molecular flexibility index (Phi) is 9.13. The fraction of sp³-hybridized carbons (Fsp3) is 0.793. The molecular formula is C29H48. The van der Waals surface area contributed by atoms with E-state index in [1.807, 2.05) is 0 Å². The molecule has 0 aliphatic heterocycles. The maximum Gasteiger partial charge on any atom is -0.0162 e. The number of rotatable bonds is 10. The largest absolute Gasteiger partial charge is 0.0654 e. The van der Waals surface area contributed by atoms with E-state index in [0.29, 0.717) is 5.41 Å². The van der Waals surface area contributed by atoms with E-state index < -0.39 is 0 Å². The van der Waals surface area contributed by atoms with Crippen LogP contribution in [-0.4, -0.2) is 0 Å². The molecule has 0 amide bonds. The Balaban J connectivity index is 1.37. The summed E-state index contributed by atoms with van der Waals surface area (Å²) in [6, 6.07) is 9.83. The van der Waals surface area contributed by atoms with Crippen LogP contribution in [0.2, 0.25) is 0 Å². The summed E-state index contributed by atoms with van der Waals surface area (Å²) in [5, 5.41) is 0. The standard InChI is InChI=1S/C29H48/c1-4-6-7-8-24-9-11-25(12-10-24)13-14-26-15-17-27(18-16-26)28-19-22-29(3,21-5-2)23-20-28/h15-18,24-25,28H,4-14,19-23H2,1-3H3/t24-,25-,28?,29?. The first-order valence-electron chi connectivity index (χ1n) is 13.2. The molecule has 0 nitrogen and oxygen atoms in total. The van der Waals surface area contributed by atoms with Gasteiger partial charge in [0.25, 0.3) is 0 Å². The normalized spacial score (nSPS) is 30.4. The highest BCUT2D eigenvalue weighted by molar-refractivity contribution is 5.26. The summed E-state index contributed by atoms with van der Waals surface area (Å²) >= 11 is 0. The molecule has 1 aromatic rings. The molecule has 29 heavy (non-hydrogen) atoms. The summed E-state index contributed by atoms with van der Waals surface area (Å²) in [4.78, 5) is 0. The van der Waals surface area contributed by atoms with Gasteiger partial charge in [-0.3, -0.25) is 0 Å². The van der Waals surface area contributed by atoms with Crippen molar-refractivity contribution in [3.63, 3.8) is 0 Å². The Labute approximate surface area is 182 Å². The van der Waals surface area contributed by atoms with Crippen LogP contribution in [0.3, 0.4) is 0 Å². The van der Waals surface area contributed by atoms with Crippen LogP contribution in [0.4, 0.5) is 0 Å². The molecule has 0 aromatic heterocycles. The Morgan fingerprint density at radius 1 is 0.759 bits per heavy atom. The quantitative estimate of drug-likeness (QED) is 0.345. The monoisotopic (exact) mass is 396 g/mol. The molecule has 0 N–H and O–H groups in total. The highest BCUT2D eigenvalue weighted by atomic mass is 14.4. The molecule has 0 spiro atoms. The maximum absolute atomic E-state index is 2.52. The molecule has 2 aliphatic carbocycles. The van der Waals surface area contributed by atoms with Crippen LogP contribution >= 0.6 is 0 Å². The lowest BCUT2D eigenvalue weighted by Crippen LogP contribution is -2.23. The van der Waals surface area contributed by atoms with Crippen molar-refractivity contribution in [2.75, 3.05) is 0 Å². The minimum Gasteiger partial charge on any atom is -0.0654 e. The van der Waals surface area contributed by atoms with Gasteiger partial charge in [0.2, 0.25) is 0 Å². The molecule has 2 aliphatic rings. The molecule has 0 bridgehead atoms. The zero-order valence-electron chi connectivity index (χ0n) is 19.9. The second-order valence-corrected chi connectivity index (χ2v) is 11.0. The van der Waals surface area contributed by atoms with Crippen LogP contribution in [0.15, 0.2) is 24.3 Å². The maximum atomic E-state index is 2.52. The van der Waals surface area contributed by atoms with Gasteiger partial charge in [-0.1, -0.05) is 103 Å². The van der Waals surface area contributed by atoms with Crippen LogP contribution < -0.4 is 0 Å². The number of hydrogen-bond acceptors (Lipinski definition) is 0. The van der Waals surface area contributed by atoms with Crippen molar-refractivity contribution in [2.45, 2.75) is 129 Å². The minimum atomic E-state index is 0.625. The molecule has 3 rings (SSSR count). The summed E-state index contributed by atoms with van der Waals surface area (Å²) in [6.07, 6.45) is 22.9. The highest BCUT2D eigenvalue weighted by Gasteiger charge is 2.30. The third kappa shape index (κ3) is 7.15. The second-order valence-electron chi connectivity index (χ2n) is 11.0. The van der Waals surface area contributed by atoms with Gasteiger partial charge in [-0.2, -0.15) is 0 Å². The first-order chi connectivity index (χ1) is 14.1. The van der Waals surface area contributed by atoms with Crippen LogP contribution in [0.1, 0.15) is 134 Å². The molecule has 0 heterocycles. The highest BCUT2D eigenvalue weighted by Crippen LogP contribution is 2.45. The third-order valence-electron chi connectivity index (χ3n) is 8.52. The zero-order valence-corrected chi connectivity index (χ0v) is 19.9. The smallest absolute Gasteiger partial charge is 0.0162 e. The summed E-state index contributed by atoms with van der Waals surface area (Å²) in [7, 11) is 0. The molecule has 0 radical (unpaired) electrons. The summed E-state index contributed by atoms with van der Waals surface area (Å²) in [5.74, 6) is 2.86. The Hall–Kier alpha value is -0.780. The molecule has 0 heteroatoms. The lowest BCUT2D eigenvalue weighted by Gasteiger charge is -2.37. The van der Waals surface area contributed by atoms with Gasteiger partial charge in [-0.05, 0) is 79.2 Å². The van der Waals surface area contributed by atoms with E-state index in [9.17, 15) is 0 Å². The molecule has 2 fully saturated rings. The summed E-state index contributed by atoms with van der Waals surface area (Å²) in [6.45, 7) is 7.19. The van der Waals surface area contributed by atoms with Gasteiger partial charge < -0.3 is 0 Å². The molecule has 0 atom stereocenters. The zero-order chi connectivity index (χ0) is 20.5. The second kappa shape index (κ2) is 11.6. The van der Waals surface area contributed by atoms with E-state index in [0.717, 1.165) is 17.8 Å². The average molecular weight is 397 g/mol. The van der Waals surface area contributed by atoms with Crippen molar-refractivity contribution in [1.82, 2.24) is 0 Å². The van der Waals surface area contributed by atoms with Crippen molar-refractivity contribution < 1.29 is 0 Å². The fourth-order valence-corrected chi connectivity index (χ4v) is 6.32. The molecule has 2 saturated carbocycles. The van der Waals surface area contributed by atoms with Crippen molar-refractivity contribution in [3.05, 3.63) is 35.4 Å². The van der Waals surface area contributed by atoms with Crippen molar-refractivity contribution >= 4 is 0 Å². The summed E-state index contributed by atoms with van der Waals surface area (Å²) < 4.78 is 0. The molecule has 1 aromatic carbocycles. The summed E-state index contributed by atoms with van der Waals surface area (Å²) in [5.41, 5.74) is 3.81. The van der Waals surface area contributed by atoms with E-state index in [-0.39, 0.29) is 0 Å². The lowest BCUT2D eigenvalue weighted by atomic mass is 9.68. The first kappa shape index (κ1) is 22.9. The SMILES string of the molecule is CCCCC[C@H]1CC[C@H](CCc2ccc(C3CCC(C)(CCC)CC3)cc2)CC1. The van der Waals surface area contributed by atoms with Gasteiger partial charge in [0.15, 0.2) is 0 Å². The van der Waals surface area contributed by atoms with Gasteiger partial charge in [-0.15, -0.1) is 0 Å². The lowest BCUT2D eigenvalue weighted by molar-refractivity contribution is 0.182. The van der Waals surface area contributed by atoms with E-state index in [1.54, 1.807) is 11.1 Å². The molecule has 0 saturated heterocycles. The molecular weight excluding hydrogens is 348 g/mol. The fourth-order valence-electron chi connectivity index (χ4n) is 6.32. The predicted octanol–water partition coefficient (Wildman–Crippen LogP) is 9.47. The van der Waals surface area contributed by atoms with Gasteiger partial charge >= 0.3 is 0 Å². The number of unbranched alkanes of at least 4 members (excludes halogenated alkanes) is 2. The van der Waals surface area contributed by atoms with E-state index in [4.69, 9.17) is 0 Å². The average Bonchev–Trinajstić information content (AvgIpc) is 2.74. The van der Waals surface area contributed by atoms with Crippen LogP contribution in [0.25, 0.3) is 0 Å². The van der Waals surface area contributed by atoms with Crippen molar-refractivity contribution in [3.8, 4) is 0 Å². The van der Waals surface area contributed by atoms with Crippen molar-refractivity contribution in [1.29, 1.82) is 0 Å². The number of aryl methyl sites for hydroxylation is 1. The Morgan fingerprint density at radius 3 is 1.97 bits per heavy atom. The first-order valence-corrected chi connectivity index (χ1v) is 13.2. The van der Waals surface area contributed by atoms with E-state index >= 15 is 0 Å². The van der Waals surface area contributed by atoms with E-state index in [1.165, 1.54) is 103 Å². The minimum absolute atomic E-state index is 0.625. The van der Waals surface area contributed by atoms with Crippen LogP contribution in [0, 0.1) is 17.3 Å². The van der Waals surface area contributed by atoms with E-state index in [2.05, 4.69) is 45.0 Å². The number of benzene rings is 1. The van der Waals surface area contributed by atoms with Gasteiger partial charge in [0, 0.05) is 0 Å². The Morgan fingerprint density at radius 2 is 1.38 bits per heavy atom. The Bertz CT molecular complexity index is 552. The van der Waals surface area contributed by atoms with Crippen LogP contribution in [-0.2, 0) is 6.42 Å². The van der Waals surface area contributed by atoms with Gasteiger partial charge in [0.05, 0.1) is 0 Å². The molecule has 0 unspecified atom stereocenters. The predicted molar refractivity (Wildman–Crippen MR) is 129 cm³/mol. The topological polar surface area (TPSA) is 0 Å². The third-order valence-corrected chi connectivity index (χ3v) is 8.52. The van der Waals surface area contributed by atoms with Gasteiger partial charge in [0.1, 0.15) is 0 Å². The van der Waals surface area contributed by atoms with Gasteiger partial charge in [-0.25, -0.2) is 0 Å². The van der Waals surface area contributed by atoms with Crippen LogP contribution in [0.5, 0.6) is 0 Å². The number of hydrogen-bond donors (Lipinski definition) is 0.